The highest BCUT2D eigenvalue weighted by atomic mass is 79.9. The number of rotatable bonds is 6. The number of halogens is 1. The molecule has 5 rings (SSSR count). The van der Waals surface area contributed by atoms with E-state index in [1.807, 2.05) is 29.6 Å². The second-order valence-electron chi connectivity index (χ2n) is 6.43. The monoisotopic (exact) mass is 491 g/mol. The van der Waals surface area contributed by atoms with E-state index < -0.39 is 0 Å². The fourth-order valence-corrected chi connectivity index (χ4v) is 5.69. The lowest BCUT2D eigenvalue weighted by Crippen LogP contribution is -2.10. The predicted octanol–water partition coefficient (Wildman–Crippen LogP) is 5.13. The van der Waals surface area contributed by atoms with Gasteiger partial charge in [-0.05, 0) is 30.5 Å². The first-order valence-corrected chi connectivity index (χ1v) is 12.1. The summed E-state index contributed by atoms with van der Waals surface area (Å²) in [5.74, 6) is 1.20. The van der Waals surface area contributed by atoms with E-state index in [4.69, 9.17) is 0 Å². The summed E-state index contributed by atoms with van der Waals surface area (Å²) < 4.78 is 1.88. The highest BCUT2D eigenvalue weighted by Crippen LogP contribution is 2.33. The van der Waals surface area contributed by atoms with E-state index in [1.165, 1.54) is 47.3 Å². The number of thioether (sulfide) groups is 1. The van der Waals surface area contributed by atoms with Crippen LogP contribution < -0.4 is 10.9 Å². The SMILES string of the molecule is O=c1[nH]c(CSc2nnc(NC3CC3)s2)nc2scc(-c3ccc(Br)cc3)c12. The quantitative estimate of drug-likeness (QED) is 0.363. The van der Waals surface area contributed by atoms with Crippen molar-refractivity contribution in [2.24, 2.45) is 0 Å². The lowest BCUT2D eigenvalue weighted by molar-refractivity contribution is 0.989. The fourth-order valence-electron chi connectivity index (χ4n) is 2.76. The molecule has 0 amide bonds. The van der Waals surface area contributed by atoms with E-state index in [0.717, 1.165) is 29.9 Å². The average Bonchev–Trinajstić information content (AvgIpc) is 3.21. The van der Waals surface area contributed by atoms with Crippen LogP contribution in [0, 0.1) is 0 Å². The Morgan fingerprint density at radius 2 is 2.07 bits per heavy atom. The van der Waals surface area contributed by atoms with Crippen molar-refractivity contribution in [3.8, 4) is 11.1 Å². The van der Waals surface area contributed by atoms with Gasteiger partial charge < -0.3 is 10.3 Å². The first kappa shape index (κ1) is 18.3. The molecule has 0 unspecified atom stereocenters. The van der Waals surface area contributed by atoms with Crippen LogP contribution in [0.25, 0.3) is 21.3 Å². The van der Waals surface area contributed by atoms with Gasteiger partial charge in [-0.3, -0.25) is 4.79 Å². The summed E-state index contributed by atoms with van der Waals surface area (Å²) in [6, 6.07) is 8.50. The van der Waals surface area contributed by atoms with E-state index in [1.54, 1.807) is 0 Å². The summed E-state index contributed by atoms with van der Waals surface area (Å²) >= 11 is 8.01. The maximum absolute atomic E-state index is 12.7. The molecule has 2 N–H and O–H groups in total. The number of thiophene rings is 1. The van der Waals surface area contributed by atoms with Crippen molar-refractivity contribution >= 4 is 65.7 Å². The number of nitrogens with zero attached hydrogens (tertiary/aromatic N) is 3. The van der Waals surface area contributed by atoms with Gasteiger partial charge in [-0.1, -0.05) is 51.2 Å². The number of nitrogens with one attached hydrogen (secondary N) is 2. The molecule has 10 heteroatoms. The first-order chi connectivity index (χ1) is 13.7. The number of hydrogen-bond acceptors (Lipinski definition) is 8. The minimum atomic E-state index is -0.104. The van der Waals surface area contributed by atoms with Gasteiger partial charge >= 0.3 is 0 Å². The lowest BCUT2D eigenvalue weighted by atomic mass is 10.1. The summed E-state index contributed by atoms with van der Waals surface area (Å²) in [5.41, 5.74) is 1.82. The first-order valence-electron chi connectivity index (χ1n) is 8.65. The summed E-state index contributed by atoms with van der Waals surface area (Å²) in [4.78, 5) is 21.1. The Labute approximate surface area is 181 Å². The molecule has 1 aliphatic carbocycles. The van der Waals surface area contributed by atoms with Crippen LogP contribution in [0.15, 0.2) is 43.3 Å². The molecule has 0 radical (unpaired) electrons. The minimum Gasteiger partial charge on any atom is -0.357 e. The zero-order valence-corrected chi connectivity index (χ0v) is 18.5. The van der Waals surface area contributed by atoms with Crippen molar-refractivity contribution in [1.29, 1.82) is 0 Å². The second-order valence-corrected chi connectivity index (χ2v) is 10.4. The average molecular weight is 492 g/mol. The number of aromatic nitrogens is 4. The van der Waals surface area contributed by atoms with Crippen molar-refractivity contribution in [2.75, 3.05) is 5.32 Å². The highest BCUT2D eigenvalue weighted by molar-refractivity contribution is 9.10. The fraction of sp³-hybridized carbons (Fsp3) is 0.222. The summed E-state index contributed by atoms with van der Waals surface area (Å²) in [6.07, 6.45) is 2.41. The molecule has 4 aromatic rings. The van der Waals surface area contributed by atoms with E-state index in [2.05, 4.69) is 41.4 Å². The van der Waals surface area contributed by atoms with Gasteiger partial charge in [0.1, 0.15) is 10.7 Å². The van der Waals surface area contributed by atoms with Crippen LogP contribution in [0.5, 0.6) is 0 Å². The van der Waals surface area contributed by atoms with E-state index >= 15 is 0 Å². The Morgan fingerprint density at radius 1 is 1.25 bits per heavy atom. The number of aromatic amines is 1. The van der Waals surface area contributed by atoms with Gasteiger partial charge in [0.2, 0.25) is 5.13 Å². The van der Waals surface area contributed by atoms with Gasteiger partial charge in [0, 0.05) is 21.5 Å². The zero-order valence-electron chi connectivity index (χ0n) is 14.4. The Kier molecular flexibility index (Phi) is 4.95. The molecule has 0 saturated heterocycles. The third-order valence-electron chi connectivity index (χ3n) is 4.29. The standard InChI is InChI=1S/C18H14BrN5OS3/c19-10-3-1-9(2-4-10)12-7-26-16-14(12)15(25)21-13(22-16)8-27-18-24-23-17(28-18)20-11-5-6-11/h1-4,7,11H,5-6,8H2,(H,20,23)(H,21,22,25). The molecule has 142 valence electrons. The number of hydrogen-bond donors (Lipinski definition) is 2. The maximum Gasteiger partial charge on any atom is 0.260 e. The summed E-state index contributed by atoms with van der Waals surface area (Å²) in [5, 5.41) is 15.2. The molecule has 0 spiro atoms. The molecule has 0 aliphatic heterocycles. The summed E-state index contributed by atoms with van der Waals surface area (Å²) in [6.45, 7) is 0. The Morgan fingerprint density at radius 3 is 2.86 bits per heavy atom. The van der Waals surface area contributed by atoms with Gasteiger partial charge in [0.05, 0.1) is 11.1 Å². The van der Waals surface area contributed by atoms with Crippen LogP contribution >= 0.6 is 50.4 Å². The van der Waals surface area contributed by atoms with Gasteiger partial charge in [-0.25, -0.2) is 4.98 Å². The molecule has 3 heterocycles. The lowest BCUT2D eigenvalue weighted by Gasteiger charge is -2.02. The van der Waals surface area contributed by atoms with Crippen molar-refractivity contribution < 1.29 is 0 Å². The topological polar surface area (TPSA) is 83.6 Å². The van der Waals surface area contributed by atoms with Crippen LogP contribution in [0.4, 0.5) is 5.13 Å². The van der Waals surface area contributed by atoms with Crippen molar-refractivity contribution in [3.05, 3.63) is 50.3 Å². The smallest absolute Gasteiger partial charge is 0.260 e. The molecule has 1 aromatic carbocycles. The van der Waals surface area contributed by atoms with Gasteiger partial charge in [0.15, 0.2) is 4.34 Å². The minimum absolute atomic E-state index is 0.104. The van der Waals surface area contributed by atoms with Crippen LogP contribution in [-0.2, 0) is 5.75 Å². The van der Waals surface area contributed by atoms with Gasteiger partial charge in [-0.2, -0.15) is 0 Å². The Bertz CT molecular complexity index is 1200. The molecule has 1 saturated carbocycles. The molecule has 0 atom stereocenters. The van der Waals surface area contributed by atoms with Crippen molar-refractivity contribution in [3.63, 3.8) is 0 Å². The van der Waals surface area contributed by atoms with Gasteiger partial charge in [-0.15, -0.1) is 21.5 Å². The molecule has 28 heavy (non-hydrogen) atoms. The third kappa shape index (κ3) is 3.86. The number of benzene rings is 1. The van der Waals surface area contributed by atoms with Crippen molar-refractivity contribution in [1.82, 2.24) is 20.2 Å². The highest BCUT2D eigenvalue weighted by Gasteiger charge is 2.22. The van der Waals surface area contributed by atoms with Gasteiger partial charge in [0.25, 0.3) is 5.56 Å². The van der Waals surface area contributed by atoms with Crippen LogP contribution in [-0.4, -0.2) is 26.2 Å². The van der Waals surface area contributed by atoms with Crippen molar-refractivity contribution in [2.45, 2.75) is 29.0 Å². The molecule has 1 fully saturated rings. The third-order valence-corrected chi connectivity index (χ3v) is 7.69. The Hall–Kier alpha value is -1.75. The predicted molar refractivity (Wildman–Crippen MR) is 119 cm³/mol. The number of fused-ring (bicyclic) bond motifs is 1. The molecular formula is C18H14BrN5OS3. The largest absolute Gasteiger partial charge is 0.357 e. The summed E-state index contributed by atoms with van der Waals surface area (Å²) in [7, 11) is 0. The molecular weight excluding hydrogens is 478 g/mol. The molecule has 6 nitrogen and oxygen atoms in total. The molecule has 0 bridgehead atoms. The number of anilines is 1. The van der Waals surface area contributed by atoms with Crippen LogP contribution in [0.1, 0.15) is 18.7 Å². The molecule has 3 aromatic heterocycles. The molecule has 1 aliphatic rings. The van der Waals surface area contributed by atoms with Crippen LogP contribution in [0.3, 0.4) is 0 Å². The van der Waals surface area contributed by atoms with E-state index in [9.17, 15) is 4.79 Å². The zero-order chi connectivity index (χ0) is 19.1. The van der Waals surface area contributed by atoms with E-state index in [-0.39, 0.29) is 5.56 Å². The second kappa shape index (κ2) is 7.58. The Balaban J connectivity index is 1.36. The normalized spacial score (nSPS) is 13.9. The maximum atomic E-state index is 12.7. The van der Waals surface area contributed by atoms with Crippen LogP contribution in [0.2, 0.25) is 0 Å². The van der Waals surface area contributed by atoms with E-state index in [0.29, 0.717) is 23.0 Å². The number of H-pyrrole nitrogens is 1.